The molecule has 0 unspecified atom stereocenters. The van der Waals surface area contributed by atoms with Crippen molar-refractivity contribution in [3.8, 4) is 10.4 Å². The standard InChI is InChI=1S/C16H21N3O3S/c1-11-5-3-4-6-13(11)14-9-17-16(23-14)19-15(21)18-12(10-20)7-8-22-2/h3-6,9,12,20H,7-8,10H2,1-2H3,(H2,17,18,19,21)/t12-/m1/s1. The number of benzene rings is 1. The van der Waals surface area contributed by atoms with E-state index in [2.05, 4.69) is 15.6 Å². The zero-order valence-corrected chi connectivity index (χ0v) is 14.0. The minimum atomic E-state index is -0.383. The van der Waals surface area contributed by atoms with Gasteiger partial charge in [0.25, 0.3) is 0 Å². The van der Waals surface area contributed by atoms with E-state index in [4.69, 9.17) is 4.74 Å². The van der Waals surface area contributed by atoms with Crippen LogP contribution in [0.5, 0.6) is 0 Å². The number of nitrogens with one attached hydrogen (secondary N) is 2. The Morgan fingerprint density at radius 3 is 2.91 bits per heavy atom. The molecule has 2 aromatic rings. The van der Waals surface area contributed by atoms with Crippen LogP contribution in [-0.4, -0.2) is 42.5 Å². The third-order valence-electron chi connectivity index (χ3n) is 3.36. The number of rotatable bonds is 7. The van der Waals surface area contributed by atoms with E-state index in [0.29, 0.717) is 18.2 Å². The molecule has 0 aliphatic carbocycles. The van der Waals surface area contributed by atoms with Crippen molar-refractivity contribution in [3.63, 3.8) is 0 Å². The molecule has 1 aromatic heterocycles. The van der Waals surface area contributed by atoms with E-state index in [1.165, 1.54) is 11.3 Å². The number of methoxy groups -OCH3 is 1. The van der Waals surface area contributed by atoms with Gasteiger partial charge in [0.1, 0.15) is 0 Å². The fourth-order valence-corrected chi connectivity index (χ4v) is 3.00. The molecule has 6 nitrogen and oxygen atoms in total. The fourth-order valence-electron chi connectivity index (χ4n) is 2.09. The first kappa shape index (κ1) is 17.4. The summed E-state index contributed by atoms with van der Waals surface area (Å²) in [7, 11) is 1.58. The molecule has 23 heavy (non-hydrogen) atoms. The van der Waals surface area contributed by atoms with Gasteiger partial charge in [-0.3, -0.25) is 5.32 Å². The molecule has 0 radical (unpaired) electrons. The number of thiazole rings is 1. The number of aliphatic hydroxyl groups excluding tert-OH is 1. The Labute approximate surface area is 139 Å². The van der Waals surface area contributed by atoms with Gasteiger partial charge in [-0.2, -0.15) is 0 Å². The maximum Gasteiger partial charge on any atom is 0.321 e. The maximum atomic E-state index is 12.0. The number of aromatic nitrogens is 1. The van der Waals surface area contributed by atoms with Crippen LogP contribution < -0.4 is 10.6 Å². The quantitative estimate of drug-likeness (QED) is 0.726. The highest BCUT2D eigenvalue weighted by molar-refractivity contribution is 7.19. The van der Waals surface area contributed by atoms with Crippen LogP contribution in [0, 0.1) is 6.92 Å². The van der Waals surface area contributed by atoms with Gasteiger partial charge in [0, 0.05) is 19.9 Å². The first-order chi connectivity index (χ1) is 11.1. The van der Waals surface area contributed by atoms with Crippen LogP contribution in [0.3, 0.4) is 0 Å². The number of hydrogen-bond acceptors (Lipinski definition) is 5. The lowest BCUT2D eigenvalue weighted by atomic mass is 10.1. The Bertz CT molecular complexity index is 645. The molecular weight excluding hydrogens is 314 g/mol. The molecule has 0 fully saturated rings. The molecule has 1 atom stereocenters. The van der Waals surface area contributed by atoms with E-state index in [1.54, 1.807) is 13.3 Å². The number of urea groups is 1. The summed E-state index contributed by atoms with van der Waals surface area (Å²) in [4.78, 5) is 17.2. The molecular formula is C16H21N3O3S. The number of carbonyl (C=O) groups is 1. The van der Waals surface area contributed by atoms with Gasteiger partial charge in [-0.1, -0.05) is 35.6 Å². The monoisotopic (exact) mass is 335 g/mol. The second-order valence-electron chi connectivity index (χ2n) is 5.10. The normalized spacial score (nSPS) is 12.0. The molecule has 7 heteroatoms. The van der Waals surface area contributed by atoms with Crippen LogP contribution in [-0.2, 0) is 4.74 Å². The van der Waals surface area contributed by atoms with Crippen molar-refractivity contribution < 1.29 is 14.6 Å². The molecule has 1 heterocycles. The molecule has 2 rings (SSSR count). The minimum Gasteiger partial charge on any atom is -0.394 e. The van der Waals surface area contributed by atoms with Gasteiger partial charge in [-0.25, -0.2) is 9.78 Å². The number of hydrogen-bond donors (Lipinski definition) is 3. The maximum absolute atomic E-state index is 12.0. The van der Waals surface area contributed by atoms with Crippen molar-refractivity contribution in [2.24, 2.45) is 0 Å². The zero-order valence-electron chi connectivity index (χ0n) is 13.2. The number of nitrogens with zero attached hydrogens (tertiary/aromatic N) is 1. The van der Waals surface area contributed by atoms with Gasteiger partial charge < -0.3 is 15.2 Å². The van der Waals surface area contributed by atoms with Crippen LogP contribution in [0.25, 0.3) is 10.4 Å². The summed E-state index contributed by atoms with van der Waals surface area (Å²) < 4.78 is 4.94. The molecule has 3 N–H and O–H groups in total. The second kappa shape index (κ2) is 8.61. The Kier molecular flexibility index (Phi) is 6.52. The number of anilines is 1. The molecule has 0 aliphatic rings. The largest absolute Gasteiger partial charge is 0.394 e. The number of amides is 2. The first-order valence-corrected chi connectivity index (χ1v) is 8.15. The molecule has 0 aliphatic heterocycles. The average molecular weight is 335 g/mol. The lowest BCUT2D eigenvalue weighted by molar-refractivity contribution is 0.161. The topological polar surface area (TPSA) is 83.5 Å². The predicted octanol–water partition coefficient (Wildman–Crippen LogP) is 2.64. The Hall–Kier alpha value is -1.96. The zero-order chi connectivity index (χ0) is 16.7. The Balaban J connectivity index is 1.96. The third kappa shape index (κ3) is 5.02. The van der Waals surface area contributed by atoms with Crippen LogP contribution in [0.4, 0.5) is 9.93 Å². The second-order valence-corrected chi connectivity index (χ2v) is 6.13. The van der Waals surface area contributed by atoms with Crippen LogP contribution in [0.2, 0.25) is 0 Å². The molecule has 2 amide bonds. The Morgan fingerprint density at radius 2 is 2.22 bits per heavy atom. The van der Waals surface area contributed by atoms with Crippen molar-refractivity contribution in [2.75, 3.05) is 25.6 Å². The molecule has 1 aromatic carbocycles. The average Bonchev–Trinajstić information content (AvgIpc) is 3.00. The fraction of sp³-hybridized carbons (Fsp3) is 0.375. The van der Waals surface area contributed by atoms with E-state index in [9.17, 15) is 9.90 Å². The molecule has 124 valence electrons. The molecule has 0 saturated carbocycles. The predicted molar refractivity (Wildman–Crippen MR) is 91.8 cm³/mol. The summed E-state index contributed by atoms with van der Waals surface area (Å²) in [6.45, 7) is 2.37. The molecule has 0 bridgehead atoms. The van der Waals surface area contributed by atoms with Gasteiger partial charge in [0.2, 0.25) is 0 Å². The van der Waals surface area contributed by atoms with Crippen LogP contribution in [0.1, 0.15) is 12.0 Å². The van der Waals surface area contributed by atoms with Gasteiger partial charge in [0.05, 0.1) is 17.5 Å². The van der Waals surface area contributed by atoms with Gasteiger partial charge in [-0.05, 0) is 24.5 Å². The highest BCUT2D eigenvalue weighted by atomic mass is 32.1. The third-order valence-corrected chi connectivity index (χ3v) is 4.31. The first-order valence-electron chi connectivity index (χ1n) is 7.33. The summed E-state index contributed by atoms with van der Waals surface area (Å²) in [6, 6.07) is 7.30. The van der Waals surface area contributed by atoms with Crippen LogP contribution in [0.15, 0.2) is 30.5 Å². The smallest absolute Gasteiger partial charge is 0.321 e. The number of aliphatic hydroxyl groups is 1. The van der Waals surface area contributed by atoms with Gasteiger partial charge in [0.15, 0.2) is 5.13 Å². The van der Waals surface area contributed by atoms with Crippen molar-refractivity contribution in [1.29, 1.82) is 0 Å². The summed E-state index contributed by atoms with van der Waals surface area (Å²) >= 11 is 1.41. The SMILES string of the molecule is COCC[C@H](CO)NC(=O)Nc1ncc(-c2ccccc2C)s1. The number of ether oxygens (including phenoxy) is 1. The van der Waals surface area contributed by atoms with E-state index < -0.39 is 0 Å². The Morgan fingerprint density at radius 1 is 1.43 bits per heavy atom. The molecule has 0 saturated heterocycles. The van der Waals surface area contributed by atoms with Crippen LogP contribution >= 0.6 is 11.3 Å². The lowest BCUT2D eigenvalue weighted by Crippen LogP contribution is -2.40. The summed E-state index contributed by atoms with van der Waals surface area (Å²) in [6.07, 6.45) is 2.30. The number of aryl methyl sites for hydroxylation is 1. The highest BCUT2D eigenvalue weighted by Gasteiger charge is 2.13. The van der Waals surface area contributed by atoms with Crippen molar-refractivity contribution in [3.05, 3.63) is 36.0 Å². The van der Waals surface area contributed by atoms with Gasteiger partial charge in [-0.15, -0.1) is 0 Å². The van der Waals surface area contributed by atoms with Gasteiger partial charge >= 0.3 is 6.03 Å². The highest BCUT2D eigenvalue weighted by Crippen LogP contribution is 2.30. The lowest BCUT2D eigenvalue weighted by Gasteiger charge is -2.15. The summed E-state index contributed by atoms with van der Waals surface area (Å²) in [5, 5.41) is 15.2. The summed E-state index contributed by atoms with van der Waals surface area (Å²) in [5.74, 6) is 0. The van der Waals surface area contributed by atoms with E-state index in [1.807, 2.05) is 31.2 Å². The summed E-state index contributed by atoms with van der Waals surface area (Å²) in [5.41, 5.74) is 2.26. The number of carbonyl (C=O) groups excluding carboxylic acids is 1. The minimum absolute atomic E-state index is 0.136. The molecule has 0 spiro atoms. The van der Waals surface area contributed by atoms with Crippen molar-refractivity contribution in [2.45, 2.75) is 19.4 Å². The van der Waals surface area contributed by atoms with Crippen molar-refractivity contribution >= 4 is 22.5 Å². The van der Waals surface area contributed by atoms with E-state index in [-0.39, 0.29) is 18.7 Å². The van der Waals surface area contributed by atoms with E-state index >= 15 is 0 Å². The van der Waals surface area contributed by atoms with Crippen molar-refractivity contribution in [1.82, 2.24) is 10.3 Å². The van der Waals surface area contributed by atoms with E-state index in [0.717, 1.165) is 16.0 Å².